The average molecular weight is 371 g/mol. The fourth-order valence-electron chi connectivity index (χ4n) is 3.25. The molecule has 2 heterocycles. The summed E-state index contributed by atoms with van der Waals surface area (Å²) in [5.74, 6) is 1.27. The van der Waals surface area contributed by atoms with Crippen molar-refractivity contribution < 1.29 is 4.39 Å². The Balaban J connectivity index is 1.67. The SMILES string of the molecule is Fc1ccc(CNc2nc(N3CCCCC3)nc3ccc(Cl)cc23)cc1. The zero-order valence-corrected chi connectivity index (χ0v) is 15.1. The highest BCUT2D eigenvalue weighted by atomic mass is 35.5. The lowest BCUT2D eigenvalue weighted by atomic mass is 10.1. The molecule has 0 spiro atoms. The van der Waals surface area contributed by atoms with E-state index in [4.69, 9.17) is 21.6 Å². The number of nitrogens with one attached hydrogen (secondary N) is 1. The standard InChI is InChI=1S/C20H20ClFN4/c21-15-6-9-18-17(12-15)19(23-13-14-4-7-16(22)8-5-14)25-20(24-18)26-10-2-1-3-11-26/h4-9,12H,1-3,10-11,13H2,(H,23,24,25). The van der Waals surface area contributed by atoms with Crippen LogP contribution in [0.15, 0.2) is 42.5 Å². The van der Waals surface area contributed by atoms with Crippen LogP contribution in [0.1, 0.15) is 24.8 Å². The largest absolute Gasteiger partial charge is 0.365 e. The van der Waals surface area contributed by atoms with Crippen molar-refractivity contribution in [2.45, 2.75) is 25.8 Å². The van der Waals surface area contributed by atoms with Gasteiger partial charge in [0.05, 0.1) is 5.52 Å². The van der Waals surface area contributed by atoms with Gasteiger partial charge in [-0.1, -0.05) is 23.7 Å². The monoisotopic (exact) mass is 370 g/mol. The summed E-state index contributed by atoms with van der Waals surface area (Å²) in [7, 11) is 0. The lowest BCUT2D eigenvalue weighted by Crippen LogP contribution is -2.31. The van der Waals surface area contributed by atoms with Crippen LogP contribution in [0.3, 0.4) is 0 Å². The number of anilines is 2. The average Bonchev–Trinajstić information content (AvgIpc) is 2.68. The van der Waals surface area contributed by atoms with E-state index in [1.165, 1.54) is 31.4 Å². The molecular formula is C20H20ClFN4. The number of hydrogen-bond acceptors (Lipinski definition) is 4. The first-order valence-electron chi connectivity index (χ1n) is 8.89. The second-order valence-corrected chi connectivity index (χ2v) is 7.00. The number of rotatable bonds is 4. The summed E-state index contributed by atoms with van der Waals surface area (Å²) in [4.78, 5) is 11.7. The van der Waals surface area contributed by atoms with Crippen LogP contribution in [0.2, 0.25) is 5.02 Å². The minimum absolute atomic E-state index is 0.236. The number of fused-ring (bicyclic) bond motifs is 1. The molecule has 4 nitrogen and oxygen atoms in total. The van der Waals surface area contributed by atoms with Crippen LogP contribution >= 0.6 is 11.6 Å². The lowest BCUT2D eigenvalue weighted by molar-refractivity contribution is 0.569. The van der Waals surface area contributed by atoms with Crippen molar-refractivity contribution in [3.05, 3.63) is 58.9 Å². The molecule has 0 aliphatic carbocycles. The molecular weight excluding hydrogens is 351 g/mol. The minimum atomic E-state index is -0.236. The summed E-state index contributed by atoms with van der Waals surface area (Å²) in [6.07, 6.45) is 3.59. The van der Waals surface area contributed by atoms with E-state index in [1.807, 2.05) is 18.2 Å². The Hall–Kier alpha value is -2.40. The number of piperidine rings is 1. The van der Waals surface area contributed by atoms with E-state index in [1.54, 1.807) is 12.1 Å². The van der Waals surface area contributed by atoms with Crippen molar-refractivity contribution in [2.24, 2.45) is 0 Å². The highest BCUT2D eigenvalue weighted by molar-refractivity contribution is 6.31. The summed E-state index contributed by atoms with van der Waals surface area (Å²) in [6.45, 7) is 2.52. The van der Waals surface area contributed by atoms with E-state index >= 15 is 0 Å². The highest BCUT2D eigenvalue weighted by Crippen LogP contribution is 2.28. The molecule has 0 radical (unpaired) electrons. The van der Waals surface area contributed by atoms with Crippen LogP contribution in [0, 0.1) is 5.82 Å². The molecule has 1 fully saturated rings. The maximum absolute atomic E-state index is 13.1. The quantitative estimate of drug-likeness (QED) is 0.699. The topological polar surface area (TPSA) is 41.1 Å². The van der Waals surface area contributed by atoms with Gasteiger partial charge in [0.1, 0.15) is 11.6 Å². The van der Waals surface area contributed by atoms with Gasteiger partial charge in [-0.05, 0) is 55.2 Å². The molecule has 1 aliphatic heterocycles. The van der Waals surface area contributed by atoms with Crippen molar-refractivity contribution in [3.8, 4) is 0 Å². The summed E-state index contributed by atoms with van der Waals surface area (Å²) >= 11 is 6.18. The Morgan fingerprint density at radius 1 is 1.00 bits per heavy atom. The predicted molar refractivity (Wildman–Crippen MR) is 104 cm³/mol. The fourth-order valence-corrected chi connectivity index (χ4v) is 3.42. The fraction of sp³-hybridized carbons (Fsp3) is 0.300. The molecule has 0 bridgehead atoms. The van der Waals surface area contributed by atoms with Gasteiger partial charge in [0.25, 0.3) is 0 Å². The van der Waals surface area contributed by atoms with E-state index in [9.17, 15) is 4.39 Å². The van der Waals surface area contributed by atoms with Gasteiger partial charge in [-0.2, -0.15) is 4.98 Å². The Morgan fingerprint density at radius 3 is 2.54 bits per heavy atom. The molecule has 0 atom stereocenters. The smallest absolute Gasteiger partial charge is 0.227 e. The van der Waals surface area contributed by atoms with Gasteiger partial charge in [-0.25, -0.2) is 9.37 Å². The van der Waals surface area contributed by atoms with Crippen molar-refractivity contribution in [1.82, 2.24) is 9.97 Å². The van der Waals surface area contributed by atoms with Crippen LogP contribution in [-0.4, -0.2) is 23.1 Å². The third kappa shape index (κ3) is 3.73. The predicted octanol–water partition coefficient (Wildman–Crippen LogP) is 5.02. The Labute approximate surface area is 157 Å². The van der Waals surface area contributed by atoms with E-state index in [0.29, 0.717) is 11.6 Å². The van der Waals surface area contributed by atoms with E-state index in [2.05, 4.69) is 10.2 Å². The molecule has 0 unspecified atom stereocenters. The van der Waals surface area contributed by atoms with Crippen LogP contribution in [0.4, 0.5) is 16.2 Å². The number of nitrogens with zero attached hydrogens (tertiary/aromatic N) is 3. The summed E-state index contributed by atoms with van der Waals surface area (Å²) in [5, 5.41) is 4.91. The number of halogens is 2. The molecule has 1 N–H and O–H groups in total. The molecule has 4 rings (SSSR count). The maximum Gasteiger partial charge on any atom is 0.227 e. The van der Waals surface area contributed by atoms with Crippen molar-refractivity contribution >= 4 is 34.3 Å². The van der Waals surface area contributed by atoms with Crippen molar-refractivity contribution in [3.63, 3.8) is 0 Å². The molecule has 0 saturated carbocycles. The first-order valence-corrected chi connectivity index (χ1v) is 9.27. The molecule has 1 saturated heterocycles. The van der Waals surface area contributed by atoms with Crippen molar-refractivity contribution in [2.75, 3.05) is 23.3 Å². The molecule has 134 valence electrons. The molecule has 1 aliphatic rings. The molecule has 0 amide bonds. The summed E-state index contributed by atoms with van der Waals surface area (Å²) in [6, 6.07) is 12.1. The highest BCUT2D eigenvalue weighted by Gasteiger charge is 2.16. The summed E-state index contributed by atoms with van der Waals surface area (Å²) < 4.78 is 13.1. The van der Waals surface area contributed by atoms with Gasteiger partial charge in [0.2, 0.25) is 5.95 Å². The maximum atomic E-state index is 13.1. The van der Waals surface area contributed by atoms with Gasteiger partial charge in [-0.15, -0.1) is 0 Å². The van der Waals surface area contributed by atoms with Crippen LogP contribution in [0.5, 0.6) is 0 Å². The van der Waals surface area contributed by atoms with Crippen LogP contribution in [0.25, 0.3) is 10.9 Å². The Kier molecular flexibility index (Phi) is 4.89. The first kappa shape index (κ1) is 17.0. The second kappa shape index (κ2) is 7.46. The third-order valence-corrected chi connectivity index (χ3v) is 4.89. The van der Waals surface area contributed by atoms with Gasteiger partial charge < -0.3 is 10.2 Å². The second-order valence-electron chi connectivity index (χ2n) is 6.56. The molecule has 1 aromatic heterocycles. The minimum Gasteiger partial charge on any atom is -0.365 e. The van der Waals surface area contributed by atoms with Gasteiger partial charge >= 0.3 is 0 Å². The van der Waals surface area contributed by atoms with Crippen LogP contribution in [-0.2, 0) is 6.54 Å². The number of aromatic nitrogens is 2. The summed E-state index contributed by atoms with van der Waals surface area (Å²) in [5.41, 5.74) is 1.85. The van der Waals surface area contributed by atoms with E-state index in [-0.39, 0.29) is 5.82 Å². The Morgan fingerprint density at radius 2 is 1.77 bits per heavy atom. The molecule has 26 heavy (non-hydrogen) atoms. The Bertz CT molecular complexity index is 908. The van der Waals surface area contributed by atoms with Crippen LogP contribution < -0.4 is 10.2 Å². The number of hydrogen-bond donors (Lipinski definition) is 1. The van der Waals surface area contributed by atoms with Gasteiger partial charge in [0.15, 0.2) is 0 Å². The first-order chi connectivity index (χ1) is 12.7. The third-order valence-electron chi connectivity index (χ3n) is 4.66. The zero-order valence-electron chi connectivity index (χ0n) is 14.4. The van der Waals surface area contributed by atoms with E-state index in [0.717, 1.165) is 41.3 Å². The zero-order chi connectivity index (χ0) is 17.9. The molecule has 6 heteroatoms. The normalized spacial score (nSPS) is 14.6. The van der Waals surface area contributed by atoms with Gasteiger partial charge in [0, 0.05) is 30.0 Å². The van der Waals surface area contributed by atoms with Gasteiger partial charge in [-0.3, -0.25) is 0 Å². The van der Waals surface area contributed by atoms with Crippen molar-refractivity contribution in [1.29, 1.82) is 0 Å². The number of benzene rings is 2. The molecule has 2 aromatic carbocycles. The molecule has 3 aromatic rings. The van der Waals surface area contributed by atoms with E-state index < -0.39 is 0 Å². The lowest BCUT2D eigenvalue weighted by Gasteiger charge is -2.27.